The lowest BCUT2D eigenvalue weighted by Crippen LogP contribution is -2.40. The maximum absolute atomic E-state index is 12.3. The summed E-state index contributed by atoms with van der Waals surface area (Å²) in [5.74, 6) is 0.887. The van der Waals surface area contributed by atoms with Crippen LogP contribution in [0.3, 0.4) is 0 Å². The Kier molecular flexibility index (Phi) is 7.28. The van der Waals surface area contributed by atoms with Crippen molar-refractivity contribution < 1.29 is 22.7 Å². The van der Waals surface area contributed by atoms with Crippen LogP contribution in [0.1, 0.15) is 11.1 Å². The molecular formula is C20H26N2O5S. The second kappa shape index (κ2) is 9.45. The molecule has 152 valence electrons. The average molecular weight is 407 g/mol. The number of hydrogen-bond donors (Lipinski definition) is 1. The molecule has 1 amide bonds. The first-order chi connectivity index (χ1) is 13.2. The first-order valence-corrected chi connectivity index (χ1v) is 10.6. The molecule has 0 heterocycles. The van der Waals surface area contributed by atoms with Gasteiger partial charge in [0.15, 0.2) is 11.5 Å². The first kappa shape index (κ1) is 21.6. The summed E-state index contributed by atoms with van der Waals surface area (Å²) in [5.41, 5.74) is 2.44. The fourth-order valence-electron chi connectivity index (χ4n) is 2.68. The minimum absolute atomic E-state index is 0.270. The van der Waals surface area contributed by atoms with Crippen molar-refractivity contribution in [2.45, 2.75) is 13.3 Å². The van der Waals surface area contributed by atoms with Crippen molar-refractivity contribution >= 4 is 21.6 Å². The van der Waals surface area contributed by atoms with Crippen molar-refractivity contribution in [3.05, 3.63) is 53.6 Å². The second-order valence-electron chi connectivity index (χ2n) is 6.39. The second-order valence-corrected chi connectivity index (χ2v) is 8.30. The molecule has 1 N–H and O–H groups in total. The molecule has 0 fully saturated rings. The molecule has 2 aromatic carbocycles. The first-order valence-electron chi connectivity index (χ1n) is 8.76. The highest BCUT2D eigenvalue weighted by Crippen LogP contribution is 2.27. The number of nitrogens with one attached hydrogen (secondary N) is 1. The van der Waals surface area contributed by atoms with E-state index in [1.807, 2.05) is 31.2 Å². The van der Waals surface area contributed by atoms with Crippen molar-refractivity contribution in [3.63, 3.8) is 0 Å². The number of ether oxygens (including phenoxy) is 2. The molecule has 2 rings (SSSR count). The van der Waals surface area contributed by atoms with Gasteiger partial charge in [0.1, 0.15) is 6.54 Å². The minimum Gasteiger partial charge on any atom is -0.493 e. The number of carbonyl (C=O) groups is 1. The third kappa shape index (κ3) is 5.88. The molecule has 0 radical (unpaired) electrons. The van der Waals surface area contributed by atoms with E-state index >= 15 is 0 Å². The van der Waals surface area contributed by atoms with E-state index in [1.165, 1.54) is 0 Å². The normalized spacial score (nSPS) is 11.0. The summed E-state index contributed by atoms with van der Waals surface area (Å²) in [6, 6.07) is 12.5. The Labute approximate surface area is 166 Å². The van der Waals surface area contributed by atoms with Crippen LogP contribution >= 0.6 is 0 Å². The van der Waals surface area contributed by atoms with E-state index in [2.05, 4.69) is 5.32 Å². The van der Waals surface area contributed by atoms with Gasteiger partial charge in [-0.25, -0.2) is 8.42 Å². The van der Waals surface area contributed by atoms with Crippen LogP contribution in [0.4, 0.5) is 5.69 Å². The zero-order valence-corrected chi connectivity index (χ0v) is 17.4. The highest BCUT2D eigenvalue weighted by atomic mass is 32.2. The summed E-state index contributed by atoms with van der Waals surface area (Å²) in [7, 11) is -0.445. The molecule has 28 heavy (non-hydrogen) atoms. The quantitative estimate of drug-likeness (QED) is 0.690. The van der Waals surface area contributed by atoms with Gasteiger partial charge in [0.2, 0.25) is 15.9 Å². The van der Waals surface area contributed by atoms with Gasteiger partial charge in [0.25, 0.3) is 0 Å². The summed E-state index contributed by atoms with van der Waals surface area (Å²) < 4.78 is 35.8. The van der Waals surface area contributed by atoms with Gasteiger partial charge in [-0.1, -0.05) is 23.8 Å². The van der Waals surface area contributed by atoms with E-state index in [4.69, 9.17) is 9.47 Å². The lowest BCUT2D eigenvalue weighted by atomic mass is 10.1. The van der Waals surface area contributed by atoms with Crippen LogP contribution in [0.2, 0.25) is 0 Å². The molecule has 2 aromatic rings. The van der Waals surface area contributed by atoms with Crippen LogP contribution in [0.25, 0.3) is 0 Å². The molecule has 0 bridgehead atoms. The van der Waals surface area contributed by atoms with Crippen LogP contribution in [-0.2, 0) is 21.2 Å². The molecular weight excluding hydrogens is 380 g/mol. The molecule has 7 nitrogen and oxygen atoms in total. The summed E-state index contributed by atoms with van der Waals surface area (Å²) in [4.78, 5) is 12.3. The van der Waals surface area contributed by atoms with Crippen LogP contribution < -0.4 is 19.1 Å². The Morgan fingerprint density at radius 1 is 1.04 bits per heavy atom. The van der Waals surface area contributed by atoms with Crippen LogP contribution in [0.15, 0.2) is 42.5 Å². The number of sulfonamides is 1. The molecule has 0 aliphatic heterocycles. The highest BCUT2D eigenvalue weighted by Gasteiger charge is 2.20. The monoisotopic (exact) mass is 406 g/mol. The van der Waals surface area contributed by atoms with Gasteiger partial charge in [-0.3, -0.25) is 9.10 Å². The molecule has 0 aliphatic carbocycles. The maximum Gasteiger partial charge on any atom is 0.240 e. The topological polar surface area (TPSA) is 84.9 Å². The fourth-order valence-corrected chi connectivity index (χ4v) is 3.54. The van der Waals surface area contributed by atoms with E-state index in [1.54, 1.807) is 32.4 Å². The van der Waals surface area contributed by atoms with Crippen LogP contribution in [0.5, 0.6) is 11.5 Å². The molecule has 0 unspecified atom stereocenters. The Bertz CT molecular complexity index is 911. The molecule has 0 aliphatic rings. The Morgan fingerprint density at radius 2 is 1.68 bits per heavy atom. The Morgan fingerprint density at radius 3 is 2.25 bits per heavy atom. The minimum atomic E-state index is -3.58. The lowest BCUT2D eigenvalue weighted by molar-refractivity contribution is -0.119. The summed E-state index contributed by atoms with van der Waals surface area (Å²) in [6.45, 7) is 2.02. The van der Waals surface area contributed by atoms with E-state index in [0.29, 0.717) is 30.2 Å². The predicted molar refractivity (Wildman–Crippen MR) is 110 cm³/mol. The molecule has 0 saturated carbocycles. The zero-order valence-electron chi connectivity index (χ0n) is 16.6. The lowest BCUT2D eigenvalue weighted by Gasteiger charge is -2.22. The Hall–Kier alpha value is -2.74. The Balaban J connectivity index is 1.97. The number of anilines is 1. The number of methoxy groups -OCH3 is 2. The smallest absolute Gasteiger partial charge is 0.240 e. The third-order valence-corrected chi connectivity index (χ3v) is 5.33. The molecule has 8 heteroatoms. The van der Waals surface area contributed by atoms with E-state index in [0.717, 1.165) is 21.7 Å². The van der Waals surface area contributed by atoms with Gasteiger partial charge in [-0.05, 0) is 43.2 Å². The van der Waals surface area contributed by atoms with Crippen LogP contribution in [0, 0.1) is 6.92 Å². The van der Waals surface area contributed by atoms with Crippen molar-refractivity contribution in [1.82, 2.24) is 5.32 Å². The van der Waals surface area contributed by atoms with E-state index in [-0.39, 0.29) is 12.5 Å². The number of aryl methyl sites for hydroxylation is 1. The third-order valence-electron chi connectivity index (χ3n) is 4.19. The highest BCUT2D eigenvalue weighted by molar-refractivity contribution is 7.92. The zero-order chi connectivity index (χ0) is 20.7. The number of carbonyl (C=O) groups excluding carboxylic acids is 1. The van der Waals surface area contributed by atoms with Crippen molar-refractivity contribution in [3.8, 4) is 11.5 Å². The standard InChI is InChI=1S/C20H26N2O5S/c1-15-5-8-17(9-6-15)22(28(4,24)25)14-20(23)21-12-11-16-7-10-18(26-2)19(13-16)27-3/h5-10,13H,11-12,14H2,1-4H3,(H,21,23). The maximum atomic E-state index is 12.3. The molecule has 0 aromatic heterocycles. The number of rotatable bonds is 9. The number of benzene rings is 2. The van der Waals surface area contributed by atoms with Gasteiger partial charge in [0, 0.05) is 6.54 Å². The van der Waals surface area contributed by atoms with Crippen molar-refractivity contribution in [1.29, 1.82) is 0 Å². The fraction of sp³-hybridized carbons (Fsp3) is 0.350. The SMILES string of the molecule is COc1ccc(CCNC(=O)CN(c2ccc(C)cc2)S(C)(=O)=O)cc1OC. The summed E-state index contributed by atoms with van der Waals surface area (Å²) in [6.07, 6.45) is 1.67. The average Bonchev–Trinajstić information content (AvgIpc) is 2.66. The van der Waals surface area contributed by atoms with Crippen LogP contribution in [-0.4, -0.2) is 47.9 Å². The van der Waals surface area contributed by atoms with Gasteiger partial charge in [0.05, 0.1) is 26.2 Å². The number of nitrogens with zero attached hydrogens (tertiary/aromatic N) is 1. The number of amides is 1. The molecule has 0 spiro atoms. The van der Waals surface area contributed by atoms with Gasteiger partial charge >= 0.3 is 0 Å². The molecule has 0 saturated heterocycles. The molecule has 0 atom stereocenters. The predicted octanol–water partition coefficient (Wildman–Crippen LogP) is 2.14. The number of hydrogen-bond acceptors (Lipinski definition) is 5. The summed E-state index contributed by atoms with van der Waals surface area (Å²) >= 11 is 0. The van der Waals surface area contributed by atoms with Gasteiger partial charge in [-0.2, -0.15) is 0 Å². The van der Waals surface area contributed by atoms with Gasteiger partial charge in [-0.15, -0.1) is 0 Å². The van der Waals surface area contributed by atoms with Crippen molar-refractivity contribution in [2.24, 2.45) is 0 Å². The van der Waals surface area contributed by atoms with E-state index < -0.39 is 10.0 Å². The summed E-state index contributed by atoms with van der Waals surface area (Å²) in [5, 5.41) is 2.76. The van der Waals surface area contributed by atoms with E-state index in [9.17, 15) is 13.2 Å². The van der Waals surface area contributed by atoms with Gasteiger partial charge < -0.3 is 14.8 Å². The largest absolute Gasteiger partial charge is 0.493 e. The van der Waals surface area contributed by atoms with Crippen molar-refractivity contribution in [2.75, 3.05) is 37.9 Å².